The molecule has 1 aliphatic heterocycles. The number of benzene rings is 2. The van der Waals surface area contributed by atoms with Crippen LogP contribution in [0.5, 0.6) is 5.75 Å². The number of carbonyl (C=O) groups is 1. The highest BCUT2D eigenvalue weighted by Gasteiger charge is 2.14. The molecule has 2 aromatic carbocycles. The van der Waals surface area contributed by atoms with Crippen molar-refractivity contribution >= 4 is 29.4 Å². The van der Waals surface area contributed by atoms with E-state index in [1.54, 1.807) is 12.2 Å². The number of para-hydroxylation sites is 1. The zero-order valence-corrected chi connectivity index (χ0v) is 17.0. The van der Waals surface area contributed by atoms with Gasteiger partial charge >= 0.3 is 0 Å². The number of thioether (sulfide) groups is 1. The summed E-state index contributed by atoms with van der Waals surface area (Å²) in [5.41, 5.74) is 2.93. The maximum absolute atomic E-state index is 12.3. The molecule has 1 aliphatic rings. The molecule has 0 atom stereocenters. The van der Waals surface area contributed by atoms with Crippen LogP contribution in [0, 0.1) is 0 Å². The Balaban J connectivity index is 1.55. The standard InChI is InChI=1S/C23H27NO3S/c1-2-27-22-9-4-3-7-19(22)10-11-23(25)24-20-8-5-6-18(16-20)17-28-21-12-14-26-15-13-21/h3-11,16,21H,2,12-15,17H2,1H3,(H,24,25)/b11-10+. The topological polar surface area (TPSA) is 47.6 Å². The van der Waals surface area contributed by atoms with Gasteiger partial charge in [0.2, 0.25) is 5.91 Å². The zero-order chi connectivity index (χ0) is 19.6. The van der Waals surface area contributed by atoms with Crippen molar-refractivity contribution in [2.24, 2.45) is 0 Å². The van der Waals surface area contributed by atoms with Gasteiger partial charge in [-0.05, 0) is 49.6 Å². The van der Waals surface area contributed by atoms with Crippen LogP contribution >= 0.6 is 11.8 Å². The highest BCUT2D eigenvalue weighted by atomic mass is 32.2. The van der Waals surface area contributed by atoms with Gasteiger partial charge in [-0.3, -0.25) is 4.79 Å². The smallest absolute Gasteiger partial charge is 0.248 e. The van der Waals surface area contributed by atoms with Crippen LogP contribution in [0.25, 0.3) is 6.08 Å². The second-order valence-electron chi connectivity index (χ2n) is 6.62. The molecule has 3 rings (SSSR count). The Morgan fingerprint density at radius 3 is 2.86 bits per heavy atom. The molecule has 1 fully saturated rings. The second kappa shape index (κ2) is 10.9. The predicted molar refractivity (Wildman–Crippen MR) is 117 cm³/mol. The summed E-state index contributed by atoms with van der Waals surface area (Å²) in [4.78, 5) is 12.3. The maximum atomic E-state index is 12.3. The molecule has 1 saturated heterocycles. The molecule has 0 aliphatic carbocycles. The first-order valence-corrected chi connectivity index (χ1v) is 10.8. The van der Waals surface area contributed by atoms with Crippen molar-refractivity contribution < 1.29 is 14.3 Å². The van der Waals surface area contributed by atoms with Gasteiger partial charge in [-0.15, -0.1) is 0 Å². The third-order valence-corrected chi connectivity index (χ3v) is 5.92. The third-order valence-electron chi connectivity index (χ3n) is 4.48. The van der Waals surface area contributed by atoms with Crippen molar-refractivity contribution in [2.45, 2.75) is 30.8 Å². The molecule has 5 heteroatoms. The Morgan fingerprint density at radius 1 is 1.21 bits per heavy atom. The van der Waals surface area contributed by atoms with Gasteiger partial charge in [0, 0.05) is 41.5 Å². The van der Waals surface area contributed by atoms with Crippen molar-refractivity contribution in [1.82, 2.24) is 0 Å². The molecule has 0 radical (unpaired) electrons. The van der Waals surface area contributed by atoms with Crippen molar-refractivity contribution in [2.75, 3.05) is 25.1 Å². The molecule has 0 aromatic heterocycles. The van der Waals surface area contributed by atoms with Gasteiger partial charge in [0.15, 0.2) is 0 Å². The van der Waals surface area contributed by atoms with Crippen molar-refractivity contribution in [3.05, 3.63) is 65.7 Å². The zero-order valence-electron chi connectivity index (χ0n) is 16.2. The molecular formula is C23H27NO3S. The van der Waals surface area contributed by atoms with Gasteiger partial charge in [0.25, 0.3) is 0 Å². The summed E-state index contributed by atoms with van der Waals surface area (Å²) in [6.45, 7) is 4.27. The minimum Gasteiger partial charge on any atom is -0.493 e. The van der Waals surface area contributed by atoms with Gasteiger partial charge in [-0.1, -0.05) is 30.3 Å². The van der Waals surface area contributed by atoms with E-state index in [9.17, 15) is 4.79 Å². The lowest BCUT2D eigenvalue weighted by molar-refractivity contribution is -0.111. The van der Waals surface area contributed by atoms with Crippen molar-refractivity contribution in [1.29, 1.82) is 0 Å². The van der Waals surface area contributed by atoms with E-state index < -0.39 is 0 Å². The Labute approximate surface area is 171 Å². The number of rotatable bonds is 8. The van der Waals surface area contributed by atoms with E-state index in [0.29, 0.717) is 11.9 Å². The van der Waals surface area contributed by atoms with Crippen LogP contribution in [-0.4, -0.2) is 31.0 Å². The molecule has 148 valence electrons. The maximum Gasteiger partial charge on any atom is 0.248 e. The van der Waals surface area contributed by atoms with Gasteiger partial charge in [0.05, 0.1) is 6.61 Å². The summed E-state index contributed by atoms with van der Waals surface area (Å²) >= 11 is 1.97. The molecule has 0 unspecified atom stereocenters. The van der Waals surface area contributed by atoms with E-state index >= 15 is 0 Å². The Morgan fingerprint density at radius 2 is 2.04 bits per heavy atom. The molecule has 0 spiro atoms. The fourth-order valence-electron chi connectivity index (χ4n) is 3.05. The third kappa shape index (κ3) is 6.43. The van der Waals surface area contributed by atoms with Crippen LogP contribution in [-0.2, 0) is 15.3 Å². The van der Waals surface area contributed by atoms with E-state index in [1.807, 2.05) is 61.2 Å². The summed E-state index contributed by atoms with van der Waals surface area (Å²) in [5, 5.41) is 3.61. The number of hydrogen-bond acceptors (Lipinski definition) is 4. The molecule has 2 aromatic rings. The number of carbonyl (C=O) groups excluding carboxylic acids is 1. The van der Waals surface area contributed by atoms with Crippen LogP contribution in [0.1, 0.15) is 30.9 Å². The highest BCUT2D eigenvalue weighted by Crippen LogP contribution is 2.26. The Hall–Kier alpha value is -2.24. The Kier molecular flexibility index (Phi) is 8.00. The Bertz CT molecular complexity index is 800. The molecule has 0 bridgehead atoms. The second-order valence-corrected chi connectivity index (χ2v) is 7.91. The van der Waals surface area contributed by atoms with Crippen LogP contribution in [0.3, 0.4) is 0 Å². The van der Waals surface area contributed by atoms with E-state index in [-0.39, 0.29) is 5.91 Å². The molecule has 1 N–H and O–H groups in total. The number of anilines is 1. The molecule has 28 heavy (non-hydrogen) atoms. The van der Waals surface area contributed by atoms with Gasteiger partial charge in [0.1, 0.15) is 5.75 Å². The number of ether oxygens (including phenoxy) is 2. The summed E-state index contributed by atoms with van der Waals surface area (Å²) in [6, 6.07) is 15.8. The lowest BCUT2D eigenvalue weighted by atomic mass is 10.2. The molecule has 0 saturated carbocycles. The minimum atomic E-state index is -0.152. The lowest BCUT2D eigenvalue weighted by Gasteiger charge is -2.21. The largest absolute Gasteiger partial charge is 0.493 e. The quantitative estimate of drug-likeness (QED) is 0.626. The fourth-order valence-corrected chi connectivity index (χ4v) is 4.18. The molecule has 1 amide bonds. The molecule has 1 heterocycles. The number of hydrogen-bond donors (Lipinski definition) is 1. The lowest BCUT2D eigenvalue weighted by Crippen LogP contribution is -2.17. The van der Waals surface area contributed by atoms with Crippen LogP contribution in [0.2, 0.25) is 0 Å². The van der Waals surface area contributed by atoms with Crippen molar-refractivity contribution in [3.8, 4) is 5.75 Å². The summed E-state index contributed by atoms with van der Waals surface area (Å²) in [6.07, 6.45) is 5.57. The summed E-state index contributed by atoms with van der Waals surface area (Å²) in [7, 11) is 0. The van der Waals surface area contributed by atoms with Gasteiger partial charge in [-0.25, -0.2) is 0 Å². The van der Waals surface area contributed by atoms with E-state index in [2.05, 4.69) is 11.4 Å². The van der Waals surface area contributed by atoms with Gasteiger partial charge < -0.3 is 14.8 Å². The van der Waals surface area contributed by atoms with Crippen LogP contribution < -0.4 is 10.1 Å². The van der Waals surface area contributed by atoms with Crippen LogP contribution in [0.15, 0.2) is 54.6 Å². The normalized spacial score (nSPS) is 14.9. The predicted octanol–water partition coefficient (Wildman–Crippen LogP) is 5.15. The monoisotopic (exact) mass is 397 g/mol. The van der Waals surface area contributed by atoms with Crippen LogP contribution in [0.4, 0.5) is 5.69 Å². The fraction of sp³-hybridized carbons (Fsp3) is 0.348. The van der Waals surface area contributed by atoms with Crippen molar-refractivity contribution in [3.63, 3.8) is 0 Å². The number of nitrogens with one attached hydrogen (secondary N) is 1. The average molecular weight is 398 g/mol. The first-order valence-electron chi connectivity index (χ1n) is 9.74. The first-order chi connectivity index (χ1) is 13.7. The number of amides is 1. The van der Waals surface area contributed by atoms with E-state index in [0.717, 1.165) is 48.8 Å². The summed E-state index contributed by atoms with van der Waals surface area (Å²) < 4.78 is 11.0. The van der Waals surface area contributed by atoms with E-state index in [1.165, 1.54) is 5.56 Å². The highest BCUT2D eigenvalue weighted by molar-refractivity contribution is 7.99. The first kappa shape index (κ1) is 20.5. The minimum absolute atomic E-state index is 0.152. The average Bonchev–Trinajstić information content (AvgIpc) is 2.73. The summed E-state index contributed by atoms with van der Waals surface area (Å²) in [5.74, 6) is 1.58. The van der Waals surface area contributed by atoms with Gasteiger partial charge in [-0.2, -0.15) is 11.8 Å². The van der Waals surface area contributed by atoms with E-state index in [4.69, 9.17) is 9.47 Å². The molecular weight excluding hydrogens is 370 g/mol. The molecule has 4 nitrogen and oxygen atoms in total. The SMILES string of the molecule is CCOc1ccccc1/C=C/C(=O)Nc1cccc(CSC2CCOCC2)c1.